The van der Waals surface area contributed by atoms with Gasteiger partial charge in [-0.3, -0.25) is 0 Å². The van der Waals surface area contributed by atoms with Crippen LogP contribution >= 0.6 is 0 Å². The third-order valence-corrected chi connectivity index (χ3v) is 1.17. The summed E-state index contributed by atoms with van der Waals surface area (Å²) < 4.78 is 14.5. The predicted molar refractivity (Wildman–Crippen MR) is 43.7 cm³/mol. The lowest BCUT2D eigenvalue weighted by molar-refractivity contribution is -0.188. The summed E-state index contributed by atoms with van der Waals surface area (Å²) in [6.45, 7) is 4.56. The molecule has 0 aromatic heterocycles. The highest BCUT2D eigenvalue weighted by molar-refractivity contribution is 5.73. The molecule has 0 bridgehead atoms. The Bertz CT molecular complexity index is 124. The lowest BCUT2D eigenvalue weighted by atomic mass is 10.5. The van der Waals surface area contributed by atoms with Gasteiger partial charge in [0.1, 0.15) is 0 Å². The third kappa shape index (κ3) is 4.31. The van der Waals surface area contributed by atoms with Gasteiger partial charge in [0, 0.05) is 13.7 Å². The lowest BCUT2D eigenvalue weighted by Gasteiger charge is -2.13. The minimum Gasteiger partial charge on any atom is -0.462 e. The fourth-order valence-corrected chi connectivity index (χ4v) is 0.654. The molecule has 0 saturated carbocycles. The first-order chi connectivity index (χ1) is 5.76. The minimum atomic E-state index is -0.874. The van der Waals surface area contributed by atoms with E-state index in [1.807, 2.05) is 6.92 Å². The van der Waals surface area contributed by atoms with Crippen LogP contribution in [0.3, 0.4) is 0 Å². The van der Waals surface area contributed by atoms with Crippen molar-refractivity contribution < 1.29 is 19.0 Å². The Balaban J connectivity index is 3.69. The van der Waals surface area contributed by atoms with Crippen LogP contribution in [0.5, 0.6) is 0 Å². The fraction of sp³-hybridized carbons (Fsp3) is 0.875. The first-order valence-corrected chi connectivity index (χ1v) is 4.07. The van der Waals surface area contributed by atoms with E-state index in [2.05, 4.69) is 0 Å². The highest BCUT2D eigenvalue weighted by Gasteiger charge is 2.18. The maximum atomic E-state index is 11.1. The Morgan fingerprint density at radius 1 is 1.42 bits per heavy atom. The highest BCUT2D eigenvalue weighted by atomic mass is 16.7. The zero-order valence-corrected chi connectivity index (χ0v) is 7.83. The van der Waals surface area contributed by atoms with Crippen molar-refractivity contribution in [2.24, 2.45) is 0 Å². The Labute approximate surface area is 72.8 Å². The number of ether oxygens (including phenoxy) is 3. The van der Waals surface area contributed by atoms with Crippen molar-refractivity contribution in [1.82, 2.24) is 0 Å². The van der Waals surface area contributed by atoms with Gasteiger partial charge in [0.05, 0.1) is 6.61 Å². The van der Waals surface area contributed by atoms with E-state index in [-0.39, 0.29) is 0 Å². The number of rotatable bonds is 6. The number of methoxy groups -OCH3 is 1. The van der Waals surface area contributed by atoms with Crippen molar-refractivity contribution in [3.63, 3.8) is 0 Å². The molecule has 0 heterocycles. The molecule has 0 fully saturated rings. The number of carbonyl (C=O) groups excluding carboxylic acids is 1. The summed E-state index contributed by atoms with van der Waals surface area (Å²) in [6.07, 6.45) is -0.0737. The second-order valence-electron chi connectivity index (χ2n) is 2.19. The predicted octanol–water partition coefficient (Wildman–Crippen LogP) is 0.949. The van der Waals surface area contributed by atoms with Gasteiger partial charge in [0.2, 0.25) is 0 Å². The van der Waals surface area contributed by atoms with Crippen LogP contribution in [0.25, 0.3) is 0 Å². The van der Waals surface area contributed by atoms with E-state index in [0.717, 1.165) is 6.42 Å². The Morgan fingerprint density at radius 3 is 2.50 bits per heavy atom. The molecule has 0 saturated heterocycles. The molecule has 1 atom stereocenters. The molecule has 0 spiro atoms. The van der Waals surface area contributed by atoms with Gasteiger partial charge in [-0.1, -0.05) is 6.92 Å². The number of esters is 1. The van der Waals surface area contributed by atoms with E-state index in [4.69, 9.17) is 14.2 Å². The highest BCUT2D eigenvalue weighted by Crippen LogP contribution is 1.97. The first kappa shape index (κ1) is 11.4. The third-order valence-electron chi connectivity index (χ3n) is 1.17. The molecule has 0 aromatic carbocycles. The topological polar surface area (TPSA) is 44.8 Å². The molecular weight excluding hydrogens is 160 g/mol. The van der Waals surface area contributed by atoms with Crippen molar-refractivity contribution in [2.45, 2.75) is 26.6 Å². The van der Waals surface area contributed by atoms with E-state index >= 15 is 0 Å². The molecule has 0 amide bonds. The lowest BCUT2D eigenvalue weighted by Crippen LogP contribution is -2.28. The largest absolute Gasteiger partial charge is 0.462 e. The van der Waals surface area contributed by atoms with E-state index in [1.165, 1.54) is 7.11 Å². The van der Waals surface area contributed by atoms with Crippen molar-refractivity contribution in [2.75, 3.05) is 20.3 Å². The summed E-state index contributed by atoms with van der Waals surface area (Å²) in [6, 6.07) is 0. The van der Waals surface area contributed by atoms with E-state index < -0.39 is 12.3 Å². The zero-order chi connectivity index (χ0) is 9.40. The van der Waals surface area contributed by atoms with Gasteiger partial charge in [-0.25, -0.2) is 4.79 Å². The van der Waals surface area contributed by atoms with Gasteiger partial charge in [0.15, 0.2) is 0 Å². The first-order valence-electron chi connectivity index (χ1n) is 4.07. The number of carbonyl (C=O) groups is 1. The molecule has 0 N–H and O–H groups in total. The van der Waals surface area contributed by atoms with E-state index in [1.54, 1.807) is 6.92 Å². The number of hydrogen-bond donors (Lipinski definition) is 0. The van der Waals surface area contributed by atoms with E-state index in [9.17, 15) is 4.79 Å². The maximum Gasteiger partial charge on any atom is 0.363 e. The van der Waals surface area contributed by atoms with Crippen LogP contribution in [-0.4, -0.2) is 32.6 Å². The van der Waals surface area contributed by atoms with Gasteiger partial charge in [0.25, 0.3) is 6.29 Å². The van der Waals surface area contributed by atoms with Gasteiger partial charge >= 0.3 is 5.97 Å². The Hall–Kier alpha value is -0.610. The second-order valence-corrected chi connectivity index (χ2v) is 2.19. The van der Waals surface area contributed by atoms with Crippen LogP contribution in [0.2, 0.25) is 0 Å². The summed E-state index contributed by atoms with van der Waals surface area (Å²) in [7, 11) is 1.41. The molecule has 0 aliphatic rings. The molecule has 0 radical (unpaired) electrons. The summed E-state index contributed by atoms with van der Waals surface area (Å²) in [5.41, 5.74) is 0. The molecule has 4 heteroatoms. The average Bonchev–Trinajstić information content (AvgIpc) is 2.10. The Kier molecular flexibility index (Phi) is 6.70. The standard InChI is InChI=1S/C8H16O4/c1-4-6-12-7(9)8(10-3)11-5-2/h8H,4-6H2,1-3H3. The second kappa shape index (κ2) is 7.06. The number of hydrogen-bond acceptors (Lipinski definition) is 4. The molecule has 0 aliphatic carbocycles. The fourth-order valence-electron chi connectivity index (χ4n) is 0.654. The summed E-state index contributed by atoms with van der Waals surface area (Å²) in [5, 5.41) is 0. The molecule has 12 heavy (non-hydrogen) atoms. The van der Waals surface area contributed by atoms with Crippen LogP contribution in [0, 0.1) is 0 Å². The van der Waals surface area contributed by atoms with Crippen molar-refractivity contribution >= 4 is 5.97 Å². The van der Waals surface area contributed by atoms with Crippen LogP contribution in [0.1, 0.15) is 20.3 Å². The summed E-state index contributed by atoms with van der Waals surface area (Å²) in [5.74, 6) is -0.457. The monoisotopic (exact) mass is 176 g/mol. The smallest absolute Gasteiger partial charge is 0.363 e. The van der Waals surface area contributed by atoms with Crippen LogP contribution in [0.4, 0.5) is 0 Å². The maximum absolute atomic E-state index is 11.1. The molecule has 0 rings (SSSR count). The molecule has 0 aliphatic heterocycles. The van der Waals surface area contributed by atoms with E-state index in [0.29, 0.717) is 13.2 Å². The molecular formula is C8H16O4. The normalized spacial score (nSPS) is 12.6. The molecule has 0 aromatic rings. The van der Waals surface area contributed by atoms with Crippen LogP contribution in [0.15, 0.2) is 0 Å². The van der Waals surface area contributed by atoms with Gasteiger partial charge in [-0.2, -0.15) is 0 Å². The zero-order valence-electron chi connectivity index (χ0n) is 7.83. The van der Waals surface area contributed by atoms with Crippen molar-refractivity contribution in [1.29, 1.82) is 0 Å². The van der Waals surface area contributed by atoms with Crippen LogP contribution in [-0.2, 0) is 19.0 Å². The van der Waals surface area contributed by atoms with Gasteiger partial charge in [-0.05, 0) is 13.3 Å². The average molecular weight is 176 g/mol. The van der Waals surface area contributed by atoms with Crippen molar-refractivity contribution in [3.8, 4) is 0 Å². The Morgan fingerprint density at radius 2 is 2.08 bits per heavy atom. The quantitative estimate of drug-likeness (QED) is 0.446. The molecule has 72 valence electrons. The van der Waals surface area contributed by atoms with Crippen molar-refractivity contribution in [3.05, 3.63) is 0 Å². The SMILES string of the molecule is CCCOC(=O)C(OC)OCC. The molecule has 4 nitrogen and oxygen atoms in total. The minimum absolute atomic E-state index is 0.408. The van der Waals surface area contributed by atoms with Gasteiger partial charge in [-0.15, -0.1) is 0 Å². The molecule has 1 unspecified atom stereocenters. The van der Waals surface area contributed by atoms with Crippen LogP contribution < -0.4 is 0 Å². The summed E-state index contributed by atoms with van der Waals surface area (Å²) in [4.78, 5) is 11.1. The van der Waals surface area contributed by atoms with Gasteiger partial charge < -0.3 is 14.2 Å². The summed E-state index contributed by atoms with van der Waals surface area (Å²) >= 11 is 0.